The Balaban J connectivity index is 1.63. The average Bonchev–Trinajstić information content (AvgIpc) is 2.57. The summed E-state index contributed by atoms with van der Waals surface area (Å²) in [5.41, 5.74) is 0.816. The highest BCUT2D eigenvalue weighted by atomic mass is 16.5. The zero-order valence-electron chi connectivity index (χ0n) is 13.0. The topological polar surface area (TPSA) is 54.0 Å². The summed E-state index contributed by atoms with van der Waals surface area (Å²) in [5.74, 6) is 1.51. The molecule has 1 amide bonds. The highest BCUT2D eigenvalue weighted by Gasteiger charge is 2.25. The third kappa shape index (κ3) is 3.34. The molecule has 120 valence electrons. The van der Waals surface area contributed by atoms with Crippen molar-refractivity contribution in [3.63, 3.8) is 0 Å². The lowest BCUT2D eigenvalue weighted by atomic mass is 10.2. The first kappa shape index (κ1) is 15.1. The summed E-state index contributed by atoms with van der Waals surface area (Å²) in [6, 6.07) is 5.59. The van der Waals surface area contributed by atoms with Gasteiger partial charge in [0.2, 0.25) is 0 Å². The Hall–Kier alpha value is -1.79. The fraction of sp³-hybridized carbons (Fsp3) is 0.562. The number of methoxy groups -OCH3 is 1. The molecule has 6 heteroatoms. The van der Waals surface area contributed by atoms with Crippen molar-refractivity contribution in [2.45, 2.75) is 6.42 Å². The number of nitrogens with one attached hydrogen (secondary N) is 1. The van der Waals surface area contributed by atoms with E-state index in [1.165, 1.54) is 0 Å². The summed E-state index contributed by atoms with van der Waals surface area (Å²) >= 11 is 0. The molecule has 2 heterocycles. The number of fused-ring (bicyclic) bond motifs is 1. The molecule has 2 aliphatic heterocycles. The van der Waals surface area contributed by atoms with Crippen molar-refractivity contribution in [2.24, 2.45) is 0 Å². The molecule has 0 radical (unpaired) electrons. The lowest BCUT2D eigenvalue weighted by Gasteiger charge is -2.31. The number of rotatable bonds is 5. The molecule has 1 saturated heterocycles. The molecule has 6 nitrogen and oxygen atoms in total. The Morgan fingerprint density at radius 2 is 2.09 bits per heavy atom. The molecule has 3 rings (SSSR count). The predicted molar refractivity (Wildman–Crippen MR) is 84.8 cm³/mol. The molecule has 0 unspecified atom stereocenters. The van der Waals surface area contributed by atoms with E-state index in [4.69, 9.17) is 9.47 Å². The molecule has 1 aromatic carbocycles. The minimum Gasteiger partial charge on any atom is -0.497 e. The summed E-state index contributed by atoms with van der Waals surface area (Å²) in [6.07, 6.45) is 0.961. The van der Waals surface area contributed by atoms with E-state index in [-0.39, 0.29) is 12.5 Å². The highest BCUT2D eigenvalue weighted by molar-refractivity contribution is 5.98. The molecule has 1 N–H and O–H groups in total. The van der Waals surface area contributed by atoms with Crippen molar-refractivity contribution >= 4 is 11.6 Å². The molecule has 1 fully saturated rings. The standard InChI is InChI=1S/C16H23N3O3/c1-21-13-3-4-15-14(11-13)19(16(20)12-22-15)8-2-7-18-9-5-17-6-10-18/h3-4,11,17H,2,5-10,12H2,1H3. The average molecular weight is 305 g/mol. The zero-order valence-corrected chi connectivity index (χ0v) is 13.0. The number of carbonyl (C=O) groups excluding carboxylic acids is 1. The van der Waals surface area contributed by atoms with E-state index in [1.54, 1.807) is 7.11 Å². The van der Waals surface area contributed by atoms with Crippen molar-refractivity contribution in [1.82, 2.24) is 10.2 Å². The third-order valence-corrected chi connectivity index (χ3v) is 4.17. The van der Waals surface area contributed by atoms with E-state index in [1.807, 2.05) is 23.1 Å². The Morgan fingerprint density at radius 3 is 2.86 bits per heavy atom. The van der Waals surface area contributed by atoms with Crippen molar-refractivity contribution in [1.29, 1.82) is 0 Å². The van der Waals surface area contributed by atoms with Gasteiger partial charge in [-0.1, -0.05) is 0 Å². The number of ether oxygens (including phenoxy) is 2. The molecule has 0 bridgehead atoms. The van der Waals surface area contributed by atoms with Crippen LogP contribution in [0.3, 0.4) is 0 Å². The van der Waals surface area contributed by atoms with Crippen LogP contribution in [0.2, 0.25) is 0 Å². The van der Waals surface area contributed by atoms with Gasteiger partial charge in [-0.15, -0.1) is 0 Å². The fourth-order valence-electron chi connectivity index (χ4n) is 2.94. The van der Waals surface area contributed by atoms with Gasteiger partial charge in [0.1, 0.15) is 11.5 Å². The molecule has 0 saturated carbocycles. The van der Waals surface area contributed by atoms with Gasteiger partial charge in [-0.3, -0.25) is 4.79 Å². The molecule has 0 spiro atoms. The minimum absolute atomic E-state index is 0.0149. The van der Waals surface area contributed by atoms with Crippen molar-refractivity contribution in [3.8, 4) is 11.5 Å². The van der Waals surface area contributed by atoms with Gasteiger partial charge in [0.15, 0.2) is 6.61 Å². The van der Waals surface area contributed by atoms with Crippen LogP contribution >= 0.6 is 0 Å². The number of nitrogens with zero attached hydrogens (tertiary/aromatic N) is 2. The maximum Gasteiger partial charge on any atom is 0.265 e. The molecule has 0 aromatic heterocycles. The van der Waals surface area contributed by atoms with Crippen LogP contribution in [0.4, 0.5) is 5.69 Å². The summed E-state index contributed by atoms with van der Waals surface area (Å²) < 4.78 is 10.8. The van der Waals surface area contributed by atoms with Crippen LogP contribution in [0.5, 0.6) is 11.5 Å². The van der Waals surface area contributed by atoms with Gasteiger partial charge in [0, 0.05) is 38.8 Å². The zero-order chi connectivity index (χ0) is 15.4. The molecule has 1 aromatic rings. The maximum atomic E-state index is 12.2. The summed E-state index contributed by atoms with van der Waals surface area (Å²) in [4.78, 5) is 16.4. The second-order valence-corrected chi connectivity index (χ2v) is 5.61. The molecular formula is C16H23N3O3. The van der Waals surface area contributed by atoms with Crippen LogP contribution in [0.1, 0.15) is 6.42 Å². The van der Waals surface area contributed by atoms with Gasteiger partial charge in [-0.25, -0.2) is 0 Å². The normalized spacial score (nSPS) is 18.8. The Kier molecular flexibility index (Phi) is 4.80. The van der Waals surface area contributed by atoms with Gasteiger partial charge < -0.3 is 24.6 Å². The highest BCUT2D eigenvalue weighted by Crippen LogP contribution is 2.35. The van der Waals surface area contributed by atoms with Crippen LogP contribution in [0, 0.1) is 0 Å². The van der Waals surface area contributed by atoms with Crippen LogP contribution in [0.25, 0.3) is 0 Å². The molecule has 0 aliphatic carbocycles. The van der Waals surface area contributed by atoms with Gasteiger partial charge in [-0.05, 0) is 25.1 Å². The van der Waals surface area contributed by atoms with Gasteiger partial charge in [0.05, 0.1) is 12.8 Å². The third-order valence-electron chi connectivity index (χ3n) is 4.17. The summed E-state index contributed by atoms with van der Waals surface area (Å²) in [7, 11) is 1.63. The smallest absolute Gasteiger partial charge is 0.265 e. The Morgan fingerprint density at radius 1 is 1.27 bits per heavy atom. The minimum atomic E-state index is 0.0149. The Bertz CT molecular complexity index is 529. The van der Waals surface area contributed by atoms with Crippen LogP contribution in [-0.2, 0) is 4.79 Å². The summed E-state index contributed by atoms with van der Waals surface area (Å²) in [6.45, 7) is 6.13. The quantitative estimate of drug-likeness (QED) is 0.868. The van der Waals surface area contributed by atoms with E-state index in [0.29, 0.717) is 6.54 Å². The second kappa shape index (κ2) is 6.98. The van der Waals surface area contributed by atoms with Crippen LogP contribution in [0.15, 0.2) is 18.2 Å². The van der Waals surface area contributed by atoms with Crippen molar-refractivity contribution < 1.29 is 14.3 Å². The number of carbonyl (C=O) groups is 1. The Labute approximate surface area is 131 Å². The number of anilines is 1. The number of benzene rings is 1. The fourth-order valence-corrected chi connectivity index (χ4v) is 2.94. The largest absolute Gasteiger partial charge is 0.497 e. The monoisotopic (exact) mass is 305 g/mol. The van der Waals surface area contributed by atoms with Gasteiger partial charge >= 0.3 is 0 Å². The number of hydrogen-bond donors (Lipinski definition) is 1. The molecule has 0 atom stereocenters. The SMILES string of the molecule is COc1ccc2c(c1)N(CCCN1CCNCC1)C(=O)CO2. The van der Waals surface area contributed by atoms with E-state index in [9.17, 15) is 4.79 Å². The van der Waals surface area contributed by atoms with E-state index < -0.39 is 0 Å². The number of piperazine rings is 1. The lowest BCUT2D eigenvalue weighted by Crippen LogP contribution is -2.45. The first-order valence-corrected chi connectivity index (χ1v) is 7.82. The van der Waals surface area contributed by atoms with Crippen molar-refractivity contribution in [2.75, 3.05) is 57.9 Å². The molecular weight excluding hydrogens is 282 g/mol. The summed E-state index contributed by atoms with van der Waals surface area (Å²) in [5, 5.41) is 3.35. The van der Waals surface area contributed by atoms with E-state index in [2.05, 4.69) is 10.2 Å². The number of amides is 1. The van der Waals surface area contributed by atoms with Gasteiger partial charge in [-0.2, -0.15) is 0 Å². The van der Waals surface area contributed by atoms with Crippen LogP contribution in [-0.4, -0.2) is 63.8 Å². The molecule has 22 heavy (non-hydrogen) atoms. The van der Waals surface area contributed by atoms with Gasteiger partial charge in [0.25, 0.3) is 5.91 Å². The van der Waals surface area contributed by atoms with E-state index in [0.717, 1.165) is 56.3 Å². The lowest BCUT2D eigenvalue weighted by molar-refractivity contribution is -0.121. The van der Waals surface area contributed by atoms with E-state index >= 15 is 0 Å². The molecule has 2 aliphatic rings. The first-order chi connectivity index (χ1) is 10.8. The second-order valence-electron chi connectivity index (χ2n) is 5.61. The van der Waals surface area contributed by atoms with Crippen LogP contribution < -0.4 is 19.7 Å². The van der Waals surface area contributed by atoms with Crippen molar-refractivity contribution in [3.05, 3.63) is 18.2 Å². The number of hydrogen-bond acceptors (Lipinski definition) is 5. The predicted octanol–water partition coefficient (Wildman–Crippen LogP) is 0.716. The first-order valence-electron chi connectivity index (χ1n) is 7.82. The maximum absolute atomic E-state index is 12.2.